The summed E-state index contributed by atoms with van der Waals surface area (Å²) in [6, 6.07) is 4.41. The standard InChI is InChI=1S/C14H19BrN2/c1-10-5-12-13(6-11(10)2)17(9-16-12)8-14(3,4)7-15/h5-6,9H,7-8H2,1-4H3. The zero-order valence-electron chi connectivity index (χ0n) is 10.9. The summed E-state index contributed by atoms with van der Waals surface area (Å²) < 4.78 is 2.25. The maximum absolute atomic E-state index is 4.49. The molecule has 0 unspecified atom stereocenters. The lowest BCUT2D eigenvalue weighted by molar-refractivity contribution is 0.359. The Balaban J connectivity index is 2.46. The van der Waals surface area contributed by atoms with Crippen LogP contribution in [0.25, 0.3) is 11.0 Å². The van der Waals surface area contributed by atoms with Crippen molar-refractivity contribution in [3.8, 4) is 0 Å². The van der Waals surface area contributed by atoms with E-state index in [9.17, 15) is 0 Å². The van der Waals surface area contributed by atoms with E-state index >= 15 is 0 Å². The molecule has 2 rings (SSSR count). The molecule has 0 aliphatic heterocycles. The first-order valence-electron chi connectivity index (χ1n) is 5.91. The molecule has 0 N–H and O–H groups in total. The maximum Gasteiger partial charge on any atom is 0.0958 e. The van der Waals surface area contributed by atoms with Crippen molar-refractivity contribution in [2.45, 2.75) is 34.2 Å². The van der Waals surface area contributed by atoms with E-state index < -0.39 is 0 Å². The minimum Gasteiger partial charge on any atom is -0.330 e. The highest BCUT2D eigenvalue weighted by molar-refractivity contribution is 9.09. The Bertz CT molecular complexity index is 540. The van der Waals surface area contributed by atoms with Gasteiger partial charge in [-0.1, -0.05) is 29.8 Å². The molecule has 1 heterocycles. The summed E-state index contributed by atoms with van der Waals surface area (Å²) in [5.41, 5.74) is 5.21. The van der Waals surface area contributed by atoms with Crippen molar-refractivity contribution in [1.29, 1.82) is 0 Å². The van der Waals surface area contributed by atoms with E-state index in [-0.39, 0.29) is 5.41 Å². The summed E-state index contributed by atoms with van der Waals surface area (Å²) in [5, 5.41) is 0.991. The topological polar surface area (TPSA) is 17.8 Å². The fourth-order valence-corrected chi connectivity index (χ4v) is 2.12. The lowest BCUT2D eigenvalue weighted by Gasteiger charge is -2.22. The molecule has 0 aliphatic rings. The van der Waals surface area contributed by atoms with Crippen LogP contribution in [0.3, 0.4) is 0 Å². The number of aryl methyl sites for hydroxylation is 2. The van der Waals surface area contributed by atoms with Crippen molar-refractivity contribution in [2.75, 3.05) is 5.33 Å². The molecule has 17 heavy (non-hydrogen) atoms. The van der Waals surface area contributed by atoms with Gasteiger partial charge in [-0.15, -0.1) is 0 Å². The number of halogens is 1. The van der Waals surface area contributed by atoms with Gasteiger partial charge in [-0.2, -0.15) is 0 Å². The molecule has 0 radical (unpaired) electrons. The first-order chi connectivity index (χ1) is 7.93. The first-order valence-corrected chi connectivity index (χ1v) is 7.03. The van der Waals surface area contributed by atoms with Gasteiger partial charge in [-0.05, 0) is 42.5 Å². The van der Waals surface area contributed by atoms with Crippen LogP contribution in [0, 0.1) is 19.3 Å². The van der Waals surface area contributed by atoms with Crippen LogP contribution in [0.5, 0.6) is 0 Å². The highest BCUT2D eigenvalue weighted by Crippen LogP contribution is 2.25. The van der Waals surface area contributed by atoms with Crippen LogP contribution in [0.15, 0.2) is 18.5 Å². The predicted octanol–water partition coefficient (Wildman–Crippen LogP) is 4.07. The van der Waals surface area contributed by atoms with Crippen molar-refractivity contribution in [3.63, 3.8) is 0 Å². The van der Waals surface area contributed by atoms with E-state index in [1.807, 2.05) is 6.33 Å². The van der Waals surface area contributed by atoms with Gasteiger partial charge in [0.05, 0.1) is 17.4 Å². The quantitative estimate of drug-likeness (QED) is 0.780. The number of imidazole rings is 1. The smallest absolute Gasteiger partial charge is 0.0958 e. The Hall–Kier alpha value is -0.830. The van der Waals surface area contributed by atoms with Gasteiger partial charge >= 0.3 is 0 Å². The molecule has 0 fully saturated rings. The van der Waals surface area contributed by atoms with Crippen LogP contribution in [-0.2, 0) is 6.54 Å². The van der Waals surface area contributed by atoms with Gasteiger partial charge in [-0.3, -0.25) is 0 Å². The summed E-state index contributed by atoms with van der Waals surface area (Å²) >= 11 is 3.57. The maximum atomic E-state index is 4.49. The second-order valence-electron chi connectivity index (χ2n) is 5.60. The van der Waals surface area contributed by atoms with Crippen LogP contribution in [0.2, 0.25) is 0 Å². The Morgan fingerprint density at radius 3 is 2.53 bits per heavy atom. The Morgan fingerprint density at radius 1 is 1.24 bits per heavy atom. The lowest BCUT2D eigenvalue weighted by Crippen LogP contribution is -2.20. The van der Waals surface area contributed by atoms with Gasteiger partial charge in [-0.25, -0.2) is 4.98 Å². The molecule has 0 spiro atoms. The molecule has 92 valence electrons. The summed E-state index contributed by atoms with van der Waals surface area (Å²) in [5.74, 6) is 0. The van der Waals surface area contributed by atoms with E-state index in [2.05, 4.69) is 65.3 Å². The SMILES string of the molecule is Cc1cc2ncn(CC(C)(C)CBr)c2cc1C. The first kappa shape index (κ1) is 12.6. The highest BCUT2D eigenvalue weighted by atomic mass is 79.9. The summed E-state index contributed by atoms with van der Waals surface area (Å²) in [6.07, 6.45) is 1.95. The second-order valence-corrected chi connectivity index (χ2v) is 6.16. The van der Waals surface area contributed by atoms with Crippen LogP contribution in [0.1, 0.15) is 25.0 Å². The number of hydrogen-bond donors (Lipinski definition) is 0. The molecule has 0 bridgehead atoms. The third-order valence-corrected chi connectivity index (χ3v) is 4.71. The molecule has 1 aromatic carbocycles. The van der Waals surface area contributed by atoms with E-state index in [0.29, 0.717) is 0 Å². The molecule has 0 atom stereocenters. The summed E-state index contributed by atoms with van der Waals surface area (Å²) in [6.45, 7) is 9.79. The second kappa shape index (κ2) is 4.45. The van der Waals surface area contributed by atoms with Gasteiger partial charge in [0.15, 0.2) is 0 Å². The Labute approximate surface area is 111 Å². The van der Waals surface area contributed by atoms with Crippen molar-refractivity contribution in [1.82, 2.24) is 9.55 Å². The predicted molar refractivity (Wildman–Crippen MR) is 76.8 cm³/mol. The molecular weight excluding hydrogens is 276 g/mol. The molecule has 1 aromatic heterocycles. The van der Waals surface area contributed by atoms with Gasteiger partial charge in [0.25, 0.3) is 0 Å². The fourth-order valence-electron chi connectivity index (χ4n) is 1.94. The number of alkyl halides is 1. The molecular formula is C14H19BrN2. The van der Waals surface area contributed by atoms with E-state index in [1.165, 1.54) is 16.6 Å². The highest BCUT2D eigenvalue weighted by Gasteiger charge is 2.18. The van der Waals surface area contributed by atoms with Crippen molar-refractivity contribution < 1.29 is 0 Å². The van der Waals surface area contributed by atoms with E-state index in [1.54, 1.807) is 0 Å². The van der Waals surface area contributed by atoms with E-state index in [0.717, 1.165) is 17.4 Å². The number of fused-ring (bicyclic) bond motifs is 1. The van der Waals surface area contributed by atoms with Crippen LogP contribution >= 0.6 is 15.9 Å². The molecule has 0 aliphatic carbocycles. The zero-order valence-corrected chi connectivity index (χ0v) is 12.5. The normalized spacial score (nSPS) is 12.3. The largest absolute Gasteiger partial charge is 0.330 e. The minimum absolute atomic E-state index is 0.242. The molecule has 3 heteroatoms. The Kier molecular flexibility index (Phi) is 3.30. The average Bonchev–Trinajstić information content (AvgIpc) is 2.62. The molecule has 0 saturated carbocycles. The molecule has 2 nitrogen and oxygen atoms in total. The number of aromatic nitrogens is 2. The summed E-state index contributed by atoms with van der Waals surface area (Å²) in [7, 11) is 0. The monoisotopic (exact) mass is 294 g/mol. The van der Waals surface area contributed by atoms with Crippen molar-refractivity contribution >= 4 is 27.0 Å². The Morgan fingerprint density at radius 2 is 1.88 bits per heavy atom. The molecule has 0 amide bonds. The zero-order chi connectivity index (χ0) is 12.6. The number of rotatable bonds is 3. The van der Waals surface area contributed by atoms with Gasteiger partial charge in [0.2, 0.25) is 0 Å². The van der Waals surface area contributed by atoms with Gasteiger partial charge in [0, 0.05) is 11.9 Å². The van der Waals surface area contributed by atoms with Crippen LogP contribution < -0.4 is 0 Å². The fraction of sp³-hybridized carbons (Fsp3) is 0.500. The molecule has 2 aromatic rings. The third kappa shape index (κ3) is 2.54. The third-order valence-electron chi connectivity index (χ3n) is 3.20. The van der Waals surface area contributed by atoms with Crippen molar-refractivity contribution in [2.24, 2.45) is 5.41 Å². The average molecular weight is 295 g/mol. The van der Waals surface area contributed by atoms with Crippen LogP contribution in [0.4, 0.5) is 0 Å². The van der Waals surface area contributed by atoms with Gasteiger partial charge in [0.1, 0.15) is 0 Å². The lowest BCUT2D eigenvalue weighted by atomic mass is 9.96. The van der Waals surface area contributed by atoms with Gasteiger partial charge < -0.3 is 4.57 Å². The number of hydrogen-bond acceptors (Lipinski definition) is 1. The summed E-state index contributed by atoms with van der Waals surface area (Å²) in [4.78, 5) is 4.49. The van der Waals surface area contributed by atoms with Crippen LogP contribution in [-0.4, -0.2) is 14.9 Å². The van der Waals surface area contributed by atoms with Crippen molar-refractivity contribution in [3.05, 3.63) is 29.6 Å². The van der Waals surface area contributed by atoms with E-state index in [4.69, 9.17) is 0 Å². The minimum atomic E-state index is 0.242. The number of benzene rings is 1. The molecule has 0 saturated heterocycles. The number of nitrogens with zero attached hydrogens (tertiary/aromatic N) is 2.